The Morgan fingerprint density at radius 1 is 1.64 bits per heavy atom. The molecule has 1 N–H and O–H groups in total. The van der Waals surface area contributed by atoms with Gasteiger partial charge in [-0.25, -0.2) is 0 Å². The highest BCUT2D eigenvalue weighted by atomic mass is 16.3. The molecule has 1 fully saturated rings. The predicted molar refractivity (Wildman–Crippen MR) is 51.7 cm³/mol. The highest BCUT2D eigenvalue weighted by molar-refractivity contribution is 4.89. The Morgan fingerprint density at radius 3 is 3.14 bits per heavy atom. The normalized spacial score (nSPS) is 24.0. The number of likely N-dealkylation sites (N-methyl/N-ethyl adjacent to an activating group) is 1. The molecule has 1 unspecified atom stereocenters. The first-order valence-electron chi connectivity index (χ1n) is 4.99. The minimum Gasteiger partial charge on any atom is -0.390 e. The molecule has 0 bridgehead atoms. The molecule has 1 saturated heterocycles. The van der Waals surface area contributed by atoms with E-state index in [4.69, 9.17) is 5.11 Å². The molecule has 2 heterocycles. The van der Waals surface area contributed by atoms with E-state index >= 15 is 0 Å². The standard InChI is InChI=1S/C9H16N4O/c1-12-4-2-3-9(6-12)13-10-5-8(7-14)11-13/h5,9,14H,2-4,6-7H2,1H3. The van der Waals surface area contributed by atoms with Crippen molar-refractivity contribution < 1.29 is 5.11 Å². The Hall–Kier alpha value is -0.940. The molecular weight excluding hydrogens is 180 g/mol. The van der Waals surface area contributed by atoms with Crippen LogP contribution in [0.2, 0.25) is 0 Å². The maximum absolute atomic E-state index is 8.88. The molecule has 1 aliphatic rings. The van der Waals surface area contributed by atoms with Crippen LogP contribution in [0.25, 0.3) is 0 Å². The van der Waals surface area contributed by atoms with E-state index in [1.165, 1.54) is 6.42 Å². The number of aliphatic hydroxyl groups is 1. The first-order valence-corrected chi connectivity index (χ1v) is 4.99. The number of hydrogen-bond acceptors (Lipinski definition) is 4. The monoisotopic (exact) mass is 196 g/mol. The Kier molecular flexibility index (Phi) is 2.79. The van der Waals surface area contributed by atoms with Crippen LogP contribution in [0.3, 0.4) is 0 Å². The van der Waals surface area contributed by atoms with Crippen LogP contribution in [0.4, 0.5) is 0 Å². The highest BCUT2D eigenvalue weighted by Crippen LogP contribution is 2.18. The fourth-order valence-electron chi connectivity index (χ4n) is 1.89. The van der Waals surface area contributed by atoms with Crippen molar-refractivity contribution in [2.24, 2.45) is 0 Å². The fourth-order valence-corrected chi connectivity index (χ4v) is 1.89. The van der Waals surface area contributed by atoms with Crippen LogP contribution in [0.5, 0.6) is 0 Å². The van der Waals surface area contributed by atoms with Gasteiger partial charge < -0.3 is 10.0 Å². The molecule has 0 aliphatic carbocycles. The van der Waals surface area contributed by atoms with Crippen molar-refractivity contribution >= 4 is 0 Å². The number of hydrogen-bond donors (Lipinski definition) is 1. The van der Waals surface area contributed by atoms with Gasteiger partial charge in [0.05, 0.1) is 18.8 Å². The molecule has 1 aromatic rings. The fraction of sp³-hybridized carbons (Fsp3) is 0.778. The summed E-state index contributed by atoms with van der Waals surface area (Å²) in [4.78, 5) is 4.03. The van der Waals surface area contributed by atoms with Crippen LogP contribution in [-0.2, 0) is 6.61 Å². The van der Waals surface area contributed by atoms with Crippen molar-refractivity contribution in [3.8, 4) is 0 Å². The molecule has 1 atom stereocenters. The van der Waals surface area contributed by atoms with Crippen LogP contribution < -0.4 is 0 Å². The summed E-state index contributed by atoms with van der Waals surface area (Å²) in [5, 5.41) is 17.3. The van der Waals surface area contributed by atoms with Gasteiger partial charge in [-0.15, -0.1) is 0 Å². The average Bonchev–Trinajstić information content (AvgIpc) is 2.66. The second-order valence-electron chi connectivity index (χ2n) is 3.87. The van der Waals surface area contributed by atoms with Gasteiger partial charge in [0.15, 0.2) is 0 Å². The quantitative estimate of drug-likeness (QED) is 0.725. The zero-order chi connectivity index (χ0) is 9.97. The van der Waals surface area contributed by atoms with Crippen LogP contribution in [0.1, 0.15) is 24.6 Å². The van der Waals surface area contributed by atoms with Gasteiger partial charge in [-0.05, 0) is 26.4 Å². The maximum Gasteiger partial charge on any atom is 0.108 e. The molecule has 5 heteroatoms. The lowest BCUT2D eigenvalue weighted by Gasteiger charge is -2.28. The van der Waals surface area contributed by atoms with Crippen molar-refractivity contribution in [2.45, 2.75) is 25.5 Å². The Morgan fingerprint density at radius 2 is 2.50 bits per heavy atom. The largest absolute Gasteiger partial charge is 0.390 e. The number of aliphatic hydroxyl groups excluding tert-OH is 1. The molecule has 0 saturated carbocycles. The topological polar surface area (TPSA) is 54.2 Å². The number of rotatable bonds is 2. The molecule has 2 rings (SSSR count). The van der Waals surface area contributed by atoms with E-state index in [0.29, 0.717) is 11.7 Å². The minimum absolute atomic E-state index is 0.0252. The van der Waals surface area contributed by atoms with Gasteiger partial charge in [-0.2, -0.15) is 15.0 Å². The predicted octanol–water partition coefficient (Wildman–Crippen LogP) is 0.0371. The van der Waals surface area contributed by atoms with Crippen molar-refractivity contribution in [3.05, 3.63) is 11.9 Å². The van der Waals surface area contributed by atoms with Gasteiger partial charge in [0.1, 0.15) is 5.69 Å². The number of likely N-dealkylation sites (tertiary alicyclic amines) is 1. The summed E-state index contributed by atoms with van der Waals surface area (Å²) in [5.74, 6) is 0. The smallest absolute Gasteiger partial charge is 0.108 e. The van der Waals surface area contributed by atoms with E-state index in [1.54, 1.807) is 11.0 Å². The molecule has 14 heavy (non-hydrogen) atoms. The van der Waals surface area contributed by atoms with E-state index in [-0.39, 0.29) is 6.61 Å². The van der Waals surface area contributed by atoms with Crippen LogP contribution in [0, 0.1) is 0 Å². The van der Waals surface area contributed by atoms with E-state index in [2.05, 4.69) is 22.1 Å². The van der Waals surface area contributed by atoms with Crippen molar-refractivity contribution in [2.75, 3.05) is 20.1 Å². The molecule has 1 aromatic heterocycles. The third kappa shape index (κ3) is 1.93. The lowest BCUT2D eigenvalue weighted by Crippen LogP contribution is -2.34. The van der Waals surface area contributed by atoms with Gasteiger partial charge in [0.2, 0.25) is 0 Å². The first-order chi connectivity index (χ1) is 6.79. The summed E-state index contributed by atoms with van der Waals surface area (Å²) in [6.45, 7) is 2.13. The molecular formula is C9H16N4O. The molecule has 0 spiro atoms. The van der Waals surface area contributed by atoms with Crippen molar-refractivity contribution in [1.29, 1.82) is 0 Å². The lowest BCUT2D eigenvalue weighted by atomic mass is 10.1. The first kappa shape index (κ1) is 9.61. The summed E-state index contributed by atoms with van der Waals surface area (Å²) >= 11 is 0. The Balaban J connectivity index is 2.06. The van der Waals surface area contributed by atoms with Gasteiger partial charge in [-0.1, -0.05) is 0 Å². The van der Waals surface area contributed by atoms with Gasteiger partial charge in [0.25, 0.3) is 0 Å². The third-order valence-electron chi connectivity index (χ3n) is 2.64. The van der Waals surface area contributed by atoms with E-state index in [9.17, 15) is 0 Å². The summed E-state index contributed by atoms with van der Waals surface area (Å²) < 4.78 is 0. The second-order valence-corrected chi connectivity index (χ2v) is 3.87. The van der Waals surface area contributed by atoms with E-state index < -0.39 is 0 Å². The van der Waals surface area contributed by atoms with E-state index in [1.807, 2.05) is 0 Å². The maximum atomic E-state index is 8.88. The zero-order valence-electron chi connectivity index (χ0n) is 8.43. The Labute approximate surface area is 83.3 Å². The van der Waals surface area contributed by atoms with Gasteiger partial charge in [-0.3, -0.25) is 0 Å². The number of piperidine rings is 1. The second kappa shape index (κ2) is 4.06. The van der Waals surface area contributed by atoms with E-state index in [0.717, 1.165) is 19.5 Å². The van der Waals surface area contributed by atoms with Crippen LogP contribution >= 0.6 is 0 Å². The molecule has 78 valence electrons. The minimum atomic E-state index is -0.0252. The Bertz CT molecular complexity index is 299. The summed E-state index contributed by atoms with van der Waals surface area (Å²) in [6, 6.07) is 0.369. The molecule has 5 nitrogen and oxygen atoms in total. The van der Waals surface area contributed by atoms with Gasteiger partial charge in [0, 0.05) is 6.54 Å². The zero-order valence-corrected chi connectivity index (χ0v) is 8.43. The van der Waals surface area contributed by atoms with Crippen LogP contribution in [-0.4, -0.2) is 45.1 Å². The number of nitrogens with zero attached hydrogens (tertiary/aromatic N) is 4. The molecule has 0 aromatic carbocycles. The molecule has 0 radical (unpaired) electrons. The van der Waals surface area contributed by atoms with Crippen molar-refractivity contribution in [1.82, 2.24) is 19.9 Å². The third-order valence-corrected chi connectivity index (χ3v) is 2.64. The SMILES string of the molecule is CN1CCCC(n2ncc(CO)n2)C1. The molecule has 0 amide bonds. The molecule has 1 aliphatic heterocycles. The summed E-state index contributed by atoms with van der Waals surface area (Å²) in [7, 11) is 2.11. The number of aromatic nitrogens is 3. The van der Waals surface area contributed by atoms with Crippen molar-refractivity contribution in [3.63, 3.8) is 0 Å². The van der Waals surface area contributed by atoms with Gasteiger partial charge >= 0.3 is 0 Å². The lowest BCUT2D eigenvalue weighted by molar-refractivity contribution is 0.189. The highest BCUT2D eigenvalue weighted by Gasteiger charge is 2.20. The summed E-state index contributed by atoms with van der Waals surface area (Å²) in [6.07, 6.45) is 3.95. The average molecular weight is 196 g/mol. The summed E-state index contributed by atoms with van der Waals surface area (Å²) in [5.41, 5.74) is 0.651. The van der Waals surface area contributed by atoms with Crippen LogP contribution in [0.15, 0.2) is 6.20 Å².